The zero-order valence-corrected chi connectivity index (χ0v) is 21.3. The lowest BCUT2D eigenvalue weighted by Crippen LogP contribution is -2.18. The first-order valence-electron chi connectivity index (χ1n) is 13.3. The van der Waals surface area contributed by atoms with E-state index in [0.29, 0.717) is 24.0 Å². The summed E-state index contributed by atoms with van der Waals surface area (Å²) in [5.41, 5.74) is 0. The van der Waals surface area contributed by atoms with Gasteiger partial charge in [0.25, 0.3) is 0 Å². The summed E-state index contributed by atoms with van der Waals surface area (Å²) in [4.78, 5) is 13.7. The third kappa shape index (κ3) is 16.0. The Morgan fingerprint density at radius 1 is 0.516 bits per heavy atom. The van der Waals surface area contributed by atoms with Gasteiger partial charge in [-0.1, -0.05) is 96.8 Å². The van der Waals surface area contributed by atoms with E-state index >= 15 is 0 Å². The Bertz CT molecular complexity index is 516. The van der Waals surface area contributed by atoms with Crippen molar-refractivity contribution in [3.8, 4) is 0 Å². The maximum atomic E-state index is 4.61. The standard InChI is InChI=1S/C26H51N5/c1-6-7-8-9-10-11-12-13-14-15-16-17-18-19-20-21-24-29-25(27-22(2)3)31-26(30-24)28-23(4)5/h22-23H,6-21H2,1-5H3,(H2,27,28,29,30,31). The number of aromatic nitrogens is 3. The lowest BCUT2D eigenvalue weighted by Gasteiger charge is -2.13. The van der Waals surface area contributed by atoms with Gasteiger partial charge < -0.3 is 10.6 Å². The van der Waals surface area contributed by atoms with E-state index in [1.165, 1.54) is 89.9 Å². The van der Waals surface area contributed by atoms with Crippen molar-refractivity contribution in [1.82, 2.24) is 15.0 Å². The third-order valence-electron chi connectivity index (χ3n) is 5.52. The summed E-state index contributed by atoms with van der Waals surface area (Å²) in [5.74, 6) is 2.27. The van der Waals surface area contributed by atoms with Gasteiger partial charge in [-0.25, -0.2) is 0 Å². The van der Waals surface area contributed by atoms with Crippen LogP contribution < -0.4 is 10.6 Å². The first kappa shape index (κ1) is 27.6. The molecule has 5 heteroatoms. The molecule has 31 heavy (non-hydrogen) atoms. The molecule has 0 saturated carbocycles. The molecule has 180 valence electrons. The van der Waals surface area contributed by atoms with Gasteiger partial charge >= 0.3 is 0 Å². The number of nitrogens with zero attached hydrogens (tertiary/aromatic N) is 3. The minimum absolute atomic E-state index is 0.313. The number of nitrogens with one attached hydrogen (secondary N) is 2. The SMILES string of the molecule is CCCCCCCCCCCCCCCCCc1nc(NC(C)C)nc(NC(C)C)n1. The van der Waals surface area contributed by atoms with Gasteiger partial charge in [-0.15, -0.1) is 0 Å². The molecule has 0 bridgehead atoms. The minimum atomic E-state index is 0.313. The van der Waals surface area contributed by atoms with Gasteiger partial charge in [-0.3, -0.25) is 0 Å². The highest BCUT2D eigenvalue weighted by Gasteiger charge is 2.08. The van der Waals surface area contributed by atoms with E-state index in [2.05, 4.69) is 60.2 Å². The van der Waals surface area contributed by atoms with Gasteiger partial charge in [-0.2, -0.15) is 15.0 Å². The molecule has 1 aromatic heterocycles. The zero-order chi connectivity index (χ0) is 22.7. The van der Waals surface area contributed by atoms with Crippen LogP contribution in [0.1, 0.15) is 137 Å². The molecule has 1 heterocycles. The molecule has 0 unspecified atom stereocenters. The second-order valence-corrected chi connectivity index (χ2v) is 9.70. The first-order chi connectivity index (χ1) is 15.0. The van der Waals surface area contributed by atoms with Gasteiger partial charge in [0.2, 0.25) is 11.9 Å². The Morgan fingerprint density at radius 2 is 0.871 bits per heavy atom. The molecule has 0 aliphatic rings. The zero-order valence-electron chi connectivity index (χ0n) is 21.3. The molecule has 0 saturated heterocycles. The molecule has 1 aromatic rings. The van der Waals surface area contributed by atoms with E-state index in [4.69, 9.17) is 0 Å². The molecule has 0 spiro atoms. The highest BCUT2D eigenvalue weighted by molar-refractivity contribution is 5.35. The van der Waals surface area contributed by atoms with Crippen LogP contribution in [-0.4, -0.2) is 27.0 Å². The number of aryl methyl sites for hydroxylation is 1. The second-order valence-electron chi connectivity index (χ2n) is 9.70. The minimum Gasteiger partial charge on any atom is -0.352 e. The molecule has 5 nitrogen and oxygen atoms in total. The fourth-order valence-electron chi connectivity index (χ4n) is 3.83. The Hall–Kier alpha value is -1.39. The molecule has 0 atom stereocenters. The molecule has 0 fully saturated rings. The van der Waals surface area contributed by atoms with Crippen LogP contribution in [0.25, 0.3) is 0 Å². The highest BCUT2D eigenvalue weighted by atomic mass is 15.2. The van der Waals surface area contributed by atoms with Crippen LogP contribution in [0.3, 0.4) is 0 Å². The molecule has 0 aliphatic heterocycles. The topological polar surface area (TPSA) is 62.7 Å². The summed E-state index contributed by atoms with van der Waals surface area (Å²) in [6.45, 7) is 10.7. The largest absolute Gasteiger partial charge is 0.352 e. The number of hydrogen-bond donors (Lipinski definition) is 2. The molecule has 1 rings (SSSR count). The monoisotopic (exact) mass is 433 g/mol. The Labute approximate surface area is 193 Å². The predicted octanol–water partition coefficient (Wildman–Crippen LogP) is 7.93. The average Bonchev–Trinajstić information content (AvgIpc) is 2.69. The lowest BCUT2D eigenvalue weighted by atomic mass is 10.0. The molecule has 2 N–H and O–H groups in total. The van der Waals surface area contributed by atoms with Crippen molar-refractivity contribution < 1.29 is 0 Å². The quantitative estimate of drug-likeness (QED) is 0.204. The summed E-state index contributed by atoms with van der Waals surface area (Å²) in [6, 6.07) is 0.626. The van der Waals surface area contributed by atoms with Gasteiger partial charge in [0.1, 0.15) is 5.82 Å². The van der Waals surface area contributed by atoms with Crippen molar-refractivity contribution in [2.24, 2.45) is 0 Å². The smallest absolute Gasteiger partial charge is 0.227 e. The maximum Gasteiger partial charge on any atom is 0.227 e. The summed E-state index contributed by atoms with van der Waals surface area (Å²) < 4.78 is 0. The number of rotatable bonds is 20. The van der Waals surface area contributed by atoms with Gasteiger partial charge in [0, 0.05) is 18.5 Å². The van der Waals surface area contributed by atoms with Crippen LogP contribution in [0.15, 0.2) is 0 Å². The molecular weight excluding hydrogens is 382 g/mol. The van der Waals surface area contributed by atoms with Crippen LogP contribution in [0.2, 0.25) is 0 Å². The predicted molar refractivity (Wildman–Crippen MR) is 136 cm³/mol. The molecule has 0 radical (unpaired) electrons. The third-order valence-corrected chi connectivity index (χ3v) is 5.52. The Morgan fingerprint density at radius 3 is 1.23 bits per heavy atom. The number of hydrogen-bond acceptors (Lipinski definition) is 5. The van der Waals surface area contributed by atoms with E-state index < -0.39 is 0 Å². The van der Waals surface area contributed by atoms with Gasteiger partial charge in [0.15, 0.2) is 0 Å². The highest BCUT2D eigenvalue weighted by Crippen LogP contribution is 2.15. The fourth-order valence-corrected chi connectivity index (χ4v) is 3.83. The van der Waals surface area contributed by atoms with E-state index in [9.17, 15) is 0 Å². The van der Waals surface area contributed by atoms with E-state index in [1.807, 2.05) is 0 Å². The van der Waals surface area contributed by atoms with Gasteiger partial charge in [0.05, 0.1) is 0 Å². The normalized spacial score (nSPS) is 11.5. The summed E-state index contributed by atoms with van der Waals surface area (Å²) in [7, 11) is 0. The maximum absolute atomic E-state index is 4.61. The Balaban J connectivity index is 2.09. The Kier molecular flexibility index (Phi) is 16.2. The van der Waals surface area contributed by atoms with E-state index in [0.717, 1.165) is 18.7 Å². The first-order valence-corrected chi connectivity index (χ1v) is 13.3. The molecule has 0 aliphatic carbocycles. The van der Waals surface area contributed by atoms with Crippen molar-refractivity contribution in [2.45, 2.75) is 149 Å². The average molecular weight is 434 g/mol. The summed E-state index contributed by atoms with van der Waals surface area (Å²) in [6.07, 6.45) is 21.7. The van der Waals surface area contributed by atoms with Gasteiger partial charge in [-0.05, 0) is 34.1 Å². The van der Waals surface area contributed by atoms with Crippen molar-refractivity contribution >= 4 is 11.9 Å². The van der Waals surface area contributed by atoms with Crippen LogP contribution in [-0.2, 0) is 6.42 Å². The van der Waals surface area contributed by atoms with Crippen molar-refractivity contribution in [2.75, 3.05) is 10.6 Å². The second kappa shape index (κ2) is 18.2. The lowest BCUT2D eigenvalue weighted by molar-refractivity contribution is 0.531. The van der Waals surface area contributed by atoms with Crippen LogP contribution >= 0.6 is 0 Å². The number of anilines is 2. The van der Waals surface area contributed by atoms with Crippen LogP contribution in [0.4, 0.5) is 11.9 Å². The van der Waals surface area contributed by atoms with Crippen molar-refractivity contribution in [1.29, 1.82) is 0 Å². The van der Waals surface area contributed by atoms with E-state index in [-0.39, 0.29) is 0 Å². The van der Waals surface area contributed by atoms with Crippen molar-refractivity contribution in [3.63, 3.8) is 0 Å². The van der Waals surface area contributed by atoms with E-state index in [1.54, 1.807) is 0 Å². The molecule has 0 aromatic carbocycles. The number of unbranched alkanes of at least 4 members (excludes halogenated alkanes) is 14. The van der Waals surface area contributed by atoms with Crippen molar-refractivity contribution in [3.05, 3.63) is 5.82 Å². The van der Waals surface area contributed by atoms with Crippen LogP contribution in [0, 0.1) is 0 Å². The molecule has 0 amide bonds. The summed E-state index contributed by atoms with van der Waals surface area (Å²) >= 11 is 0. The summed E-state index contributed by atoms with van der Waals surface area (Å²) in [5, 5.41) is 6.62. The molecular formula is C26H51N5. The van der Waals surface area contributed by atoms with Crippen LogP contribution in [0.5, 0.6) is 0 Å². The fraction of sp³-hybridized carbons (Fsp3) is 0.885.